The minimum Gasteiger partial charge on any atom is -0.492 e. The Morgan fingerprint density at radius 3 is 2.67 bits per heavy atom. The Morgan fingerprint density at radius 2 is 2.11 bits per heavy atom. The summed E-state index contributed by atoms with van der Waals surface area (Å²) in [4.78, 5) is 11.7. The summed E-state index contributed by atoms with van der Waals surface area (Å²) in [5.74, 6) is 0.735. The molecule has 0 atom stereocenters. The largest absolute Gasteiger partial charge is 0.492 e. The van der Waals surface area contributed by atoms with Gasteiger partial charge in [-0.05, 0) is 24.3 Å². The van der Waals surface area contributed by atoms with Gasteiger partial charge >= 0.3 is 4.87 Å². The highest BCUT2D eigenvalue weighted by molar-refractivity contribution is 7.80. The fourth-order valence-electron chi connectivity index (χ4n) is 1.43. The molecule has 0 aliphatic rings. The van der Waals surface area contributed by atoms with E-state index in [2.05, 4.69) is 0 Å². The van der Waals surface area contributed by atoms with Gasteiger partial charge in [0.25, 0.3) is 0 Å². The Morgan fingerprint density at radius 1 is 1.39 bits per heavy atom. The molecule has 4 nitrogen and oxygen atoms in total. The molecule has 1 aromatic carbocycles. The maximum Gasteiger partial charge on any atom is 0.307 e. The van der Waals surface area contributed by atoms with E-state index in [0.29, 0.717) is 18.1 Å². The van der Waals surface area contributed by atoms with E-state index in [0.717, 1.165) is 11.3 Å². The lowest BCUT2D eigenvalue weighted by atomic mass is 10.2. The number of ether oxygens (including phenoxy) is 1. The van der Waals surface area contributed by atoms with Gasteiger partial charge < -0.3 is 15.0 Å². The molecule has 94 valence electrons. The van der Waals surface area contributed by atoms with Crippen LogP contribution in [0.4, 0.5) is 0 Å². The number of thiazole rings is 1. The van der Waals surface area contributed by atoms with Crippen molar-refractivity contribution in [1.29, 1.82) is 0 Å². The first-order valence-electron chi connectivity index (χ1n) is 5.33. The van der Waals surface area contributed by atoms with E-state index in [1.807, 2.05) is 24.3 Å². The van der Waals surface area contributed by atoms with Crippen molar-refractivity contribution in [2.45, 2.75) is 6.54 Å². The van der Waals surface area contributed by atoms with Crippen molar-refractivity contribution in [3.05, 3.63) is 51.1 Å². The summed E-state index contributed by atoms with van der Waals surface area (Å²) in [6.07, 6.45) is 1.76. The Balaban J connectivity index is 1.89. The van der Waals surface area contributed by atoms with E-state index < -0.39 is 0 Å². The molecule has 6 heteroatoms. The molecule has 0 radical (unpaired) electrons. The Bertz CT molecular complexity index is 587. The SMILES string of the molecule is NC(=S)c1ccc(OCCn2ccsc2=O)cc1. The molecule has 0 bridgehead atoms. The van der Waals surface area contributed by atoms with Gasteiger partial charge in [0.15, 0.2) is 0 Å². The fourth-order valence-corrected chi connectivity index (χ4v) is 2.18. The number of aromatic nitrogens is 1. The Hall–Kier alpha value is -1.66. The molecule has 2 aromatic rings. The molecule has 0 aliphatic carbocycles. The quantitative estimate of drug-likeness (QED) is 0.846. The van der Waals surface area contributed by atoms with Crippen LogP contribution in [0.2, 0.25) is 0 Å². The minimum absolute atomic E-state index is 0.0300. The minimum atomic E-state index is 0.0300. The zero-order valence-electron chi connectivity index (χ0n) is 9.54. The number of rotatable bonds is 5. The van der Waals surface area contributed by atoms with Crippen LogP contribution in [0.5, 0.6) is 5.75 Å². The third-order valence-corrected chi connectivity index (χ3v) is 3.31. The summed E-state index contributed by atoms with van der Waals surface area (Å²) in [5.41, 5.74) is 6.31. The standard InChI is InChI=1S/C12H12N2O2S2/c13-11(17)9-1-3-10(4-2-9)16-7-5-14-6-8-18-12(14)15/h1-4,6,8H,5,7H2,(H2,13,17). The Kier molecular flexibility index (Phi) is 4.11. The predicted octanol–water partition coefficient (Wildman–Crippen LogP) is 1.62. The van der Waals surface area contributed by atoms with E-state index in [-0.39, 0.29) is 4.87 Å². The lowest BCUT2D eigenvalue weighted by Crippen LogP contribution is -2.16. The van der Waals surface area contributed by atoms with Crippen LogP contribution in [0.25, 0.3) is 0 Å². The maximum atomic E-state index is 11.3. The van der Waals surface area contributed by atoms with E-state index >= 15 is 0 Å². The monoisotopic (exact) mass is 280 g/mol. The van der Waals surface area contributed by atoms with Gasteiger partial charge in [0.2, 0.25) is 0 Å². The molecule has 1 heterocycles. The molecular formula is C12H12N2O2S2. The van der Waals surface area contributed by atoms with Crippen molar-refractivity contribution in [1.82, 2.24) is 4.57 Å². The highest BCUT2D eigenvalue weighted by Crippen LogP contribution is 2.12. The predicted molar refractivity (Wildman–Crippen MR) is 76.4 cm³/mol. The van der Waals surface area contributed by atoms with E-state index in [4.69, 9.17) is 22.7 Å². The average molecular weight is 280 g/mol. The van der Waals surface area contributed by atoms with Crippen molar-refractivity contribution in [2.24, 2.45) is 5.73 Å². The van der Waals surface area contributed by atoms with E-state index in [1.165, 1.54) is 11.3 Å². The number of nitrogens with two attached hydrogens (primary N) is 1. The van der Waals surface area contributed by atoms with Gasteiger partial charge in [-0.25, -0.2) is 0 Å². The summed E-state index contributed by atoms with van der Waals surface area (Å²) >= 11 is 6.04. The molecule has 0 unspecified atom stereocenters. The smallest absolute Gasteiger partial charge is 0.307 e. The zero-order valence-corrected chi connectivity index (χ0v) is 11.2. The topological polar surface area (TPSA) is 57.2 Å². The molecule has 0 spiro atoms. The molecule has 0 amide bonds. The highest BCUT2D eigenvalue weighted by Gasteiger charge is 1.99. The van der Waals surface area contributed by atoms with Crippen molar-refractivity contribution in [2.75, 3.05) is 6.61 Å². The lowest BCUT2D eigenvalue weighted by Gasteiger charge is -2.07. The van der Waals surface area contributed by atoms with Crippen LogP contribution >= 0.6 is 23.6 Å². The van der Waals surface area contributed by atoms with E-state index in [9.17, 15) is 4.79 Å². The van der Waals surface area contributed by atoms with Crippen molar-refractivity contribution >= 4 is 28.5 Å². The summed E-state index contributed by atoms with van der Waals surface area (Å²) in [6.45, 7) is 0.989. The third kappa shape index (κ3) is 3.18. The summed E-state index contributed by atoms with van der Waals surface area (Å²) in [5, 5.41) is 1.76. The molecular weight excluding hydrogens is 268 g/mol. The summed E-state index contributed by atoms with van der Waals surface area (Å²) < 4.78 is 7.15. The average Bonchev–Trinajstić information content (AvgIpc) is 2.76. The fraction of sp³-hybridized carbons (Fsp3) is 0.167. The van der Waals surface area contributed by atoms with Crippen molar-refractivity contribution in [3.8, 4) is 5.75 Å². The van der Waals surface area contributed by atoms with Crippen molar-refractivity contribution in [3.63, 3.8) is 0 Å². The van der Waals surface area contributed by atoms with Gasteiger partial charge in [0.05, 0.1) is 6.54 Å². The molecule has 0 aliphatic heterocycles. The number of benzene rings is 1. The van der Waals surface area contributed by atoms with Crippen LogP contribution in [0.1, 0.15) is 5.56 Å². The normalized spacial score (nSPS) is 10.2. The van der Waals surface area contributed by atoms with Crippen LogP contribution in [-0.4, -0.2) is 16.2 Å². The number of hydrogen-bond acceptors (Lipinski definition) is 4. The van der Waals surface area contributed by atoms with E-state index in [1.54, 1.807) is 16.1 Å². The number of nitrogens with zero attached hydrogens (tertiary/aromatic N) is 1. The second-order valence-electron chi connectivity index (χ2n) is 3.60. The van der Waals surface area contributed by atoms with Gasteiger partial charge in [0.1, 0.15) is 17.3 Å². The molecule has 2 rings (SSSR count). The summed E-state index contributed by atoms with van der Waals surface area (Å²) in [6, 6.07) is 7.25. The molecule has 0 saturated carbocycles. The lowest BCUT2D eigenvalue weighted by molar-refractivity contribution is 0.297. The molecule has 1 aromatic heterocycles. The molecule has 18 heavy (non-hydrogen) atoms. The van der Waals surface area contributed by atoms with Gasteiger partial charge in [-0.15, -0.1) is 0 Å². The van der Waals surface area contributed by atoms with Gasteiger partial charge in [0, 0.05) is 17.1 Å². The van der Waals surface area contributed by atoms with Crippen LogP contribution in [-0.2, 0) is 6.54 Å². The first-order valence-corrected chi connectivity index (χ1v) is 6.62. The number of thiocarbonyl (C=S) groups is 1. The third-order valence-electron chi connectivity index (χ3n) is 2.38. The first kappa shape index (κ1) is 12.8. The van der Waals surface area contributed by atoms with Gasteiger partial charge in [-0.2, -0.15) is 0 Å². The van der Waals surface area contributed by atoms with Crippen LogP contribution in [0.15, 0.2) is 40.6 Å². The molecule has 2 N–H and O–H groups in total. The highest BCUT2D eigenvalue weighted by atomic mass is 32.1. The van der Waals surface area contributed by atoms with Crippen LogP contribution in [0.3, 0.4) is 0 Å². The summed E-state index contributed by atoms with van der Waals surface area (Å²) in [7, 11) is 0. The second kappa shape index (κ2) is 5.79. The maximum absolute atomic E-state index is 11.3. The molecule has 0 saturated heterocycles. The van der Waals surface area contributed by atoms with Crippen LogP contribution < -0.4 is 15.3 Å². The zero-order chi connectivity index (χ0) is 13.0. The van der Waals surface area contributed by atoms with Gasteiger partial charge in [-0.1, -0.05) is 23.6 Å². The number of hydrogen-bond donors (Lipinski definition) is 1. The van der Waals surface area contributed by atoms with Crippen LogP contribution in [0, 0.1) is 0 Å². The second-order valence-corrected chi connectivity index (χ2v) is 4.90. The van der Waals surface area contributed by atoms with Gasteiger partial charge in [-0.3, -0.25) is 4.79 Å². The first-order chi connectivity index (χ1) is 8.66. The Labute approximate surface area is 114 Å². The van der Waals surface area contributed by atoms with Crippen molar-refractivity contribution < 1.29 is 4.74 Å². The molecule has 0 fully saturated rings.